The molecule has 0 radical (unpaired) electrons. The lowest BCUT2D eigenvalue weighted by Crippen LogP contribution is -2.37. The molecule has 2 aliphatic rings. The lowest BCUT2D eigenvalue weighted by Gasteiger charge is -2.19. The molecular formula is C17H18ClN3O5. The topological polar surface area (TPSA) is 106 Å². The molecule has 0 bridgehead atoms. The summed E-state index contributed by atoms with van der Waals surface area (Å²) in [6.45, 7) is -0.997. The van der Waals surface area contributed by atoms with Gasteiger partial charge in [0.1, 0.15) is 12.4 Å². The highest BCUT2D eigenvalue weighted by atomic mass is 35.5. The number of carbonyl (C=O) groups excluding carboxylic acids is 4. The third kappa shape index (κ3) is 4.01. The molecule has 1 aliphatic heterocycles. The van der Waals surface area contributed by atoms with Crippen LogP contribution in [0.15, 0.2) is 18.3 Å². The molecule has 0 unspecified atom stereocenters. The predicted octanol–water partition coefficient (Wildman–Crippen LogP) is 1.39. The quantitative estimate of drug-likeness (QED) is 0.612. The summed E-state index contributed by atoms with van der Waals surface area (Å²) in [7, 11) is 0. The maximum absolute atomic E-state index is 12.3. The van der Waals surface area contributed by atoms with E-state index in [2.05, 4.69) is 10.3 Å². The number of ether oxygens (including phenoxy) is 1. The average Bonchev–Trinajstić information content (AvgIpc) is 2.87. The van der Waals surface area contributed by atoms with Gasteiger partial charge in [0.15, 0.2) is 6.61 Å². The average molecular weight is 380 g/mol. The molecule has 0 aromatic carbocycles. The monoisotopic (exact) mass is 379 g/mol. The van der Waals surface area contributed by atoms with E-state index in [-0.39, 0.29) is 29.5 Å². The second kappa shape index (κ2) is 7.82. The summed E-state index contributed by atoms with van der Waals surface area (Å²) in [5.41, 5.74) is 0. The Hall–Kier alpha value is -2.48. The summed E-state index contributed by atoms with van der Waals surface area (Å²) >= 11 is 5.70. The van der Waals surface area contributed by atoms with Crippen molar-refractivity contribution in [3.63, 3.8) is 0 Å². The fourth-order valence-corrected chi connectivity index (χ4v) is 3.45. The summed E-state index contributed by atoms with van der Waals surface area (Å²) in [5.74, 6) is -2.38. The molecule has 3 rings (SSSR count). The molecule has 2 fully saturated rings. The Bertz CT molecular complexity index is 712. The van der Waals surface area contributed by atoms with Crippen molar-refractivity contribution < 1.29 is 23.9 Å². The number of anilines is 1. The smallest absolute Gasteiger partial charge is 0.326 e. The Morgan fingerprint density at radius 1 is 1.19 bits per heavy atom. The first-order valence-electron chi connectivity index (χ1n) is 8.38. The van der Waals surface area contributed by atoms with Crippen LogP contribution in [0.1, 0.15) is 25.7 Å². The number of aromatic nitrogens is 1. The molecule has 9 heteroatoms. The van der Waals surface area contributed by atoms with Gasteiger partial charge in [-0.1, -0.05) is 24.4 Å². The van der Waals surface area contributed by atoms with Gasteiger partial charge < -0.3 is 10.1 Å². The lowest BCUT2D eigenvalue weighted by atomic mass is 9.81. The normalized spacial score (nSPS) is 22.1. The van der Waals surface area contributed by atoms with Crippen molar-refractivity contribution in [2.24, 2.45) is 11.8 Å². The van der Waals surface area contributed by atoms with Crippen molar-refractivity contribution in [2.75, 3.05) is 18.5 Å². The number of esters is 1. The van der Waals surface area contributed by atoms with Crippen LogP contribution in [-0.4, -0.2) is 46.7 Å². The number of likely N-dealkylation sites (tertiary alicyclic amines) is 1. The minimum absolute atomic E-state index is 0.268. The van der Waals surface area contributed by atoms with Gasteiger partial charge >= 0.3 is 5.97 Å². The number of imide groups is 1. The van der Waals surface area contributed by atoms with Gasteiger partial charge in [0, 0.05) is 6.20 Å². The number of fused-ring (bicyclic) bond motifs is 1. The van der Waals surface area contributed by atoms with Crippen molar-refractivity contribution in [1.82, 2.24) is 9.88 Å². The number of nitrogens with one attached hydrogen (secondary N) is 1. The third-order valence-corrected chi connectivity index (χ3v) is 4.80. The van der Waals surface area contributed by atoms with Gasteiger partial charge in [0.25, 0.3) is 5.91 Å². The Labute approximate surface area is 154 Å². The SMILES string of the molecule is O=C(COC(=O)CN1C(=O)[C@H]2CCCC[C@@H]2C1=O)Nc1ccc(Cl)cn1. The first kappa shape index (κ1) is 18.3. The standard InChI is InChI=1S/C17H18ClN3O5/c18-10-5-6-13(19-7-10)20-14(22)9-26-15(23)8-21-16(24)11-3-1-2-4-12(11)17(21)25/h5-7,11-12H,1-4,8-9H2,(H,19,20,22)/t11-,12-/m0/s1. The predicted molar refractivity (Wildman–Crippen MR) is 91.0 cm³/mol. The van der Waals surface area contributed by atoms with Gasteiger partial charge in [-0.25, -0.2) is 4.98 Å². The van der Waals surface area contributed by atoms with Crippen molar-refractivity contribution in [1.29, 1.82) is 0 Å². The minimum atomic E-state index is -0.801. The molecule has 1 saturated heterocycles. The number of hydrogen-bond acceptors (Lipinski definition) is 6. The Morgan fingerprint density at radius 2 is 1.85 bits per heavy atom. The first-order valence-corrected chi connectivity index (χ1v) is 8.76. The van der Waals surface area contributed by atoms with E-state index < -0.39 is 25.0 Å². The van der Waals surface area contributed by atoms with Crippen LogP contribution in [-0.2, 0) is 23.9 Å². The van der Waals surface area contributed by atoms with Gasteiger partial charge in [-0.2, -0.15) is 0 Å². The number of amides is 3. The maximum atomic E-state index is 12.3. The molecule has 0 spiro atoms. The lowest BCUT2D eigenvalue weighted by molar-refractivity contribution is -0.154. The van der Waals surface area contributed by atoms with Crippen molar-refractivity contribution in [2.45, 2.75) is 25.7 Å². The van der Waals surface area contributed by atoms with Crippen LogP contribution in [0.3, 0.4) is 0 Å². The minimum Gasteiger partial charge on any atom is -0.454 e. The highest BCUT2D eigenvalue weighted by Gasteiger charge is 2.48. The zero-order chi connectivity index (χ0) is 18.7. The van der Waals surface area contributed by atoms with Crippen molar-refractivity contribution in [3.05, 3.63) is 23.4 Å². The fourth-order valence-electron chi connectivity index (χ4n) is 3.34. The largest absolute Gasteiger partial charge is 0.454 e. The zero-order valence-corrected chi connectivity index (χ0v) is 14.7. The molecule has 138 valence electrons. The number of rotatable bonds is 5. The van der Waals surface area contributed by atoms with Crippen LogP contribution < -0.4 is 5.32 Å². The highest BCUT2D eigenvalue weighted by Crippen LogP contribution is 2.37. The van der Waals surface area contributed by atoms with Gasteiger partial charge in [-0.15, -0.1) is 0 Å². The summed E-state index contributed by atoms with van der Waals surface area (Å²) in [5, 5.41) is 2.87. The zero-order valence-electron chi connectivity index (χ0n) is 13.9. The van der Waals surface area contributed by atoms with E-state index >= 15 is 0 Å². The van der Waals surface area contributed by atoms with Crippen molar-refractivity contribution in [3.8, 4) is 0 Å². The molecule has 3 amide bonds. The molecule has 2 atom stereocenters. The second-order valence-electron chi connectivity index (χ2n) is 6.33. The van der Waals surface area contributed by atoms with Crippen LogP contribution in [0, 0.1) is 11.8 Å². The molecule has 1 N–H and O–H groups in total. The van der Waals surface area contributed by atoms with Gasteiger partial charge in [0.2, 0.25) is 11.8 Å². The molecule has 1 saturated carbocycles. The number of nitrogens with zero attached hydrogens (tertiary/aromatic N) is 2. The second-order valence-corrected chi connectivity index (χ2v) is 6.77. The first-order chi connectivity index (χ1) is 12.5. The summed E-state index contributed by atoms with van der Waals surface area (Å²) < 4.78 is 4.86. The van der Waals surface area contributed by atoms with Crippen LogP contribution in [0.25, 0.3) is 0 Å². The van der Waals surface area contributed by atoms with Gasteiger partial charge in [0.05, 0.1) is 16.9 Å². The van der Waals surface area contributed by atoms with Gasteiger partial charge in [-0.3, -0.25) is 24.1 Å². The molecular weight excluding hydrogens is 362 g/mol. The van der Waals surface area contributed by atoms with E-state index in [1.807, 2.05) is 0 Å². The van der Waals surface area contributed by atoms with Crippen LogP contribution in [0.5, 0.6) is 0 Å². The van der Waals surface area contributed by atoms with Crippen LogP contribution >= 0.6 is 11.6 Å². The molecule has 1 aromatic heterocycles. The molecule has 2 heterocycles. The van der Waals surface area contributed by atoms with Crippen molar-refractivity contribution >= 4 is 41.1 Å². The van der Waals surface area contributed by atoms with Crippen LogP contribution in [0.2, 0.25) is 5.02 Å². The summed E-state index contributed by atoms with van der Waals surface area (Å²) in [4.78, 5) is 53.1. The van der Waals surface area contributed by atoms with E-state index in [4.69, 9.17) is 16.3 Å². The number of carbonyl (C=O) groups is 4. The van der Waals surface area contributed by atoms with Crippen LogP contribution in [0.4, 0.5) is 5.82 Å². The number of hydrogen-bond donors (Lipinski definition) is 1. The molecule has 1 aliphatic carbocycles. The summed E-state index contributed by atoms with van der Waals surface area (Å²) in [6, 6.07) is 3.06. The molecule has 26 heavy (non-hydrogen) atoms. The Morgan fingerprint density at radius 3 is 2.42 bits per heavy atom. The van der Waals surface area contributed by atoms with E-state index in [0.717, 1.165) is 17.7 Å². The molecule has 1 aromatic rings. The summed E-state index contributed by atoms with van der Waals surface area (Å²) in [6.07, 6.45) is 4.55. The highest BCUT2D eigenvalue weighted by molar-refractivity contribution is 6.30. The Balaban J connectivity index is 1.48. The fraction of sp³-hybridized carbons (Fsp3) is 0.471. The van der Waals surface area contributed by atoms with Gasteiger partial charge in [-0.05, 0) is 25.0 Å². The number of halogens is 1. The van der Waals surface area contributed by atoms with E-state index in [0.29, 0.717) is 17.9 Å². The van der Waals surface area contributed by atoms with E-state index in [1.54, 1.807) is 6.07 Å². The molecule has 8 nitrogen and oxygen atoms in total. The van der Waals surface area contributed by atoms with E-state index in [9.17, 15) is 19.2 Å². The number of pyridine rings is 1. The maximum Gasteiger partial charge on any atom is 0.326 e. The van der Waals surface area contributed by atoms with E-state index in [1.165, 1.54) is 12.3 Å². The Kier molecular flexibility index (Phi) is 5.51. The third-order valence-electron chi connectivity index (χ3n) is 4.58.